The van der Waals surface area contributed by atoms with Crippen LogP contribution in [0.3, 0.4) is 0 Å². The number of rotatable bonds is 3. The Morgan fingerprint density at radius 1 is 1.17 bits per heavy atom. The van der Waals surface area contributed by atoms with Crippen molar-refractivity contribution in [2.24, 2.45) is 0 Å². The molecule has 0 bridgehead atoms. The number of hydrogen-bond donors (Lipinski definition) is 2. The number of pyridine rings is 2. The first-order chi connectivity index (χ1) is 11.7. The Balaban J connectivity index is 1.89. The van der Waals surface area contributed by atoms with E-state index in [1.165, 1.54) is 0 Å². The van der Waals surface area contributed by atoms with Gasteiger partial charge in [0.15, 0.2) is 0 Å². The fourth-order valence-corrected chi connectivity index (χ4v) is 3.02. The molecule has 3 heterocycles. The van der Waals surface area contributed by atoms with Crippen molar-refractivity contribution in [2.75, 3.05) is 5.32 Å². The number of fused-ring (bicyclic) bond motifs is 3. The second-order valence-electron chi connectivity index (χ2n) is 5.27. The Morgan fingerprint density at radius 2 is 2.08 bits per heavy atom. The van der Waals surface area contributed by atoms with Crippen LogP contribution in [0.25, 0.3) is 21.7 Å². The van der Waals surface area contributed by atoms with Crippen LogP contribution in [0.4, 0.5) is 5.82 Å². The minimum Gasteiger partial charge on any atom is -0.364 e. The van der Waals surface area contributed by atoms with Crippen molar-refractivity contribution in [3.8, 4) is 0 Å². The number of aromatic amines is 1. The van der Waals surface area contributed by atoms with Gasteiger partial charge in [-0.1, -0.05) is 15.9 Å². The van der Waals surface area contributed by atoms with Crippen molar-refractivity contribution >= 4 is 43.4 Å². The molecule has 2 N–H and O–H groups in total. The van der Waals surface area contributed by atoms with E-state index in [-0.39, 0.29) is 5.56 Å². The summed E-state index contributed by atoms with van der Waals surface area (Å²) in [7, 11) is 0. The summed E-state index contributed by atoms with van der Waals surface area (Å²) in [5, 5.41) is 5.60. The van der Waals surface area contributed by atoms with Crippen LogP contribution in [-0.2, 0) is 6.54 Å². The smallest absolute Gasteiger partial charge is 0.258 e. The van der Waals surface area contributed by atoms with Crippen LogP contribution in [0, 0.1) is 0 Å². The third-order valence-corrected chi connectivity index (χ3v) is 4.22. The van der Waals surface area contributed by atoms with Crippen LogP contribution in [0.5, 0.6) is 0 Å². The zero-order chi connectivity index (χ0) is 16.5. The van der Waals surface area contributed by atoms with Gasteiger partial charge in [-0.2, -0.15) is 0 Å². The van der Waals surface area contributed by atoms with Gasteiger partial charge in [-0.25, -0.2) is 4.98 Å². The van der Waals surface area contributed by atoms with E-state index < -0.39 is 0 Å². The van der Waals surface area contributed by atoms with Crippen LogP contribution in [0.1, 0.15) is 5.69 Å². The number of nitrogens with one attached hydrogen (secondary N) is 2. The third-order valence-electron chi connectivity index (χ3n) is 3.73. The van der Waals surface area contributed by atoms with Crippen LogP contribution in [0.2, 0.25) is 0 Å². The lowest BCUT2D eigenvalue weighted by molar-refractivity contribution is 1.00. The fourth-order valence-electron chi connectivity index (χ4n) is 2.66. The van der Waals surface area contributed by atoms with Gasteiger partial charge in [0.2, 0.25) is 0 Å². The predicted molar refractivity (Wildman–Crippen MR) is 96.9 cm³/mol. The van der Waals surface area contributed by atoms with Crippen molar-refractivity contribution in [1.29, 1.82) is 0 Å². The topological polar surface area (TPSA) is 83.6 Å². The van der Waals surface area contributed by atoms with E-state index in [0.717, 1.165) is 20.9 Å². The Bertz CT molecular complexity index is 1090. The first kappa shape index (κ1) is 14.8. The van der Waals surface area contributed by atoms with Gasteiger partial charge in [-0.05, 0) is 24.3 Å². The molecule has 0 aliphatic heterocycles. The summed E-state index contributed by atoms with van der Waals surface area (Å²) in [6, 6.07) is 7.60. The number of benzene rings is 1. The first-order valence-corrected chi connectivity index (χ1v) is 8.11. The van der Waals surface area contributed by atoms with E-state index >= 15 is 0 Å². The number of nitrogens with zero attached hydrogens (tertiary/aromatic N) is 3. The molecule has 1 aromatic carbocycles. The van der Waals surface area contributed by atoms with Gasteiger partial charge in [0.1, 0.15) is 5.82 Å². The van der Waals surface area contributed by atoms with E-state index in [0.29, 0.717) is 23.3 Å². The van der Waals surface area contributed by atoms with Crippen molar-refractivity contribution < 1.29 is 0 Å². The molecule has 3 aromatic heterocycles. The molecule has 0 amide bonds. The predicted octanol–water partition coefficient (Wildman–Crippen LogP) is 3.24. The first-order valence-electron chi connectivity index (χ1n) is 7.32. The van der Waals surface area contributed by atoms with Crippen LogP contribution in [-0.4, -0.2) is 19.9 Å². The monoisotopic (exact) mass is 381 g/mol. The third kappa shape index (κ3) is 2.63. The van der Waals surface area contributed by atoms with Gasteiger partial charge in [0, 0.05) is 33.8 Å². The maximum atomic E-state index is 12.2. The highest BCUT2D eigenvalue weighted by atomic mass is 79.9. The SMILES string of the molecule is O=c1[nH]ccc2nc(NCc3cnccn3)c3ccc(Br)cc3c12. The number of H-pyrrole nitrogens is 1. The molecule has 0 saturated heterocycles. The van der Waals surface area contributed by atoms with Crippen molar-refractivity contribution in [3.05, 3.63) is 69.6 Å². The van der Waals surface area contributed by atoms with Crippen LogP contribution >= 0.6 is 15.9 Å². The van der Waals surface area contributed by atoms with Crippen molar-refractivity contribution in [1.82, 2.24) is 19.9 Å². The lowest BCUT2D eigenvalue weighted by Crippen LogP contribution is -2.09. The quantitative estimate of drug-likeness (QED) is 0.532. The fraction of sp³-hybridized carbons (Fsp3) is 0.0588. The van der Waals surface area contributed by atoms with E-state index in [9.17, 15) is 4.79 Å². The molecule has 0 spiro atoms. The molecular weight excluding hydrogens is 370 g/mol. The molecule has 0 atom stereocenters. The molecule has 24 heavy (non-hydrogen) atoms. The van der Waals surface area contributed by atoms with Crippen LogP contribution in [0.15, 0.2) is 58.3 Å². The highest BCUT2D eigenvalue weighted by Gasteiger charge is 2.11. The maximum Gasteiger partial charge on any atom is 0.258 e. The van der Waals surface area contributed by atoms with E-state index in [4.69, 9.17) is 0 Å². The second kappa shape index (κ2) is 6.01. The zero-order valence-electron chi connectivity index (χ0n) is 12.5. The van der Waals surface area contributed by atoms with Gasteiger partial charge in [-0.15, -0.1) is 0 Å². The molecule has 0 aliphatic carbocycles. The highest BCUT2D eigenvalue weighted by Crippen LogP contribution is 2.29. The van der Waals surface area contributed by atoms with E-state index in [2.05, 4.69) is 41.2 Å². The van der Waals surface area contributed by atoms with Gasteiger partial charge in [-0.3, -0.25) is 14.8 Å². The summed E-state index contributed by atoms with van der Waals surface area (Å²) in [5.41, 5.74) is 1.31. The molecule has 4 rings (SSSR count). The molecule has 7 heteroatoms. The Kier molecular flexibility index (Phi) is 3.70. The van der Waals surface area contributed by atoms with E-state index in [1.807, 2.05) is 18.2 Å². The molecule has 0 fully saturated rings. The summed E-state index contributed by atoms with van der Waals surface area (Å²) in [5.74, 6) is 0.709. The van der Waals surface area contributed by atoms with Crippen LogP contribution < -0.4 is 10.9 Å². The van der Waals surface area contributed by atoms with Gasteiger partial charge in [0.25, 0.3) is 5.56 Å². The molecule has 0 saturated carbocycles. The zero-order valence-corrected chi connectivity index (χ0v) is 14.0. The summed E-state index contributed by atoms with van der Waals surface area (Å²) in [4.78, 5) is 27.9. The molecular formula is C17H12BrN5O. The lowest BCUT2D eigenvalue weighted by Gasteiger charge is -2.11. The molecule has 0 unspecified atom stereocenters. The molecule has 0 radical (unpaired) electrons. The highest BCUT2D eigenvalue weighted by molar-refractivity contribution is 9.10. The average molecular weight is 382 g/mol. The van der Waals surface area contributed by atoms with Gasteiger partial charge >= 0.3 is 0 Å². The number of hydrogen-bond acceptors (Lipinski definition) is 5. The normalized spacial score (nSPS) is 11.0. The molecule has 0 aliphatic rings. The maximum absolute atomic E-state index is 12.2. The number of anilines is 1. The average Bonchev–Trinajstić information content (AvgIpc) is 2.60. The van der Waals surface area contributed by atoms with E-state index in [1.54, 1.807) is 30.9 Å². The minimum absolute atomic E-state index is 0.149. The van der Waals surface area contributed by atoms with Crippen molar-refractivity contribution in [3.63, 3.8) is 0 Å². The number of aromatic nitrogens is 4. The molecule has 118 valence electrons. The summed E-state index contributed by atoms with van der Waals surface area (Å²) in [6.07, 6.45) is 6.60. The second-order valence-corrected chi connectivity index (χ2v) is 6.18. The number of halogens is 1. The molecule has 6 nitrogen and oxygen atoms in total. The Morgan fingerprint density at radius 3 is 2.92 bits per heavy atom. The molecule has 4 aromatic rings. The largest absolute Gasteiger partial charge is 0.364 e. The minimum atomic E-state index is -0.149. The summed E-state index contributed by atoms with van der Waals surface area (Å²) < 4.78 is 0.908. The summed E-state index contributed by atoms with van der Waals surface area (Å²) in [6.45, 7) is 0.501. The summed E-state index contributed by atoms with van der Waals surface area (Å²) >= 11 is 3.47. The van der Waals surface area contributed by atoms with Crippen molar-refractivity contribution in [2.45, 2.75) is 6.54 Å². The lowest BCUT2D eigenvalue weighted by atomic mass is 10.1. The van der Waals surface area contributed by atoms with Gasteiger partial charge in [0.05, 0.1) is 29.3 Å². The van der Waals surface area contributed by atoms with Gasteiger partial charge < -0.3 is 10.3 Å². The Hall–Kier alpha value is -2.80. The standard InChI is InChI=1S/C17H12BrN5O/c18-10-1-2-12-13(7-10)15-14(3-4-21-17(15)24)23-16(12)22-9-11-8-19-5-6-20-11/h1-8H,9H2,(H,21,24)(H,22,23). The Labute approximate surface area is 145 Å².